The molecule has 0 saturated heterocycles. The first kappa shape index (κ1) is 14.0. The zero-order valence-electron chi connectivity index (χ0n) is 11.6. The van der Waals surface area contributed by atoms with Crippen LogP contribution in [0, 0.1) is 0 Å². The SMILES string of the molecule is CCc1ccc(C(C)C)cc1-c1ccc(O)c(Cl)c1. The Morgan fingerprint density at radius 2 is 1.84 bits per heavy atom. The van der Waals surface area contributed by atoms with Crippen molar-refractivity contribution in [3.8, 4) is 16.9 Å². The molecule has 0 heterocycles. The molecule has 0 aromatic heterocycles. The van der Waals surface area contributed by atoms with E-state index in [-0.39, 0.29) is 5.75 Å². The number of hydrogen-bond donors (Lipinski definition) is 1. The van der Waals surface area contributed by atoms with E-state index in [1.54, 1.807) is 6.07 Å². The van der Waals surface area contributed by atoms with Crippen LogP contribution in [0.5, 0.6) is 5.75 Å². The van der Waals surface area contributed by atoms with Crippen LogP contribution in [0.25, 0.3) is 11.1 Å². The van der Waals surface area contributed by atoms with Gasteiger partial charge in [-0.25, -0.2) is 0 Å². The number of benzene rings is 2. The zero-order chi connectivity index (χ0) is 14.0. The molecule has 0 unspecified atom stereocenters. The third-order valence-corrected chi connectivity index (χ3v) is 3.74. The Balaban J connectivity index is 2.58. The van der Waals surface area contributed by atoms with Gasteiger partial charge in [0, 0.05) is 0 Å². The number of rotatable bonds is 3. The van der Waals surface area contributed by atoms with E-state index in [1.165, 1.54) is 16.7 Å². The molecule has 2 aromatic carbocycles. The summed E-state index contributed by atoms with van der Waals surface area (Å²) in [7, 11) is 0. The molecule has 1 N–H and O–H groups in total. The lowest BCUT2D eigenvalue weighted by molar-refractivity contribution is 0.475. The summed E-state index contributed by atoms with van der Waals surface area (Å²) in [4.78, 5) is 0. The number of hydrogen-bond acceptors (Lipinski definition) is 1. The molecule has 0 amide bonds. The molecule has 0 bridgehead atoms. The van der Waals surface area contributed by atoms with Gasteiger partial charge >= 0.3 is 0 Å². The Morgan fingerprint density at radius 3 is 2.42 bits per heavy atom. The predicted molar refractivity (Wildman–Crippen MR) is 82.0 cm³/mol. The molecule has 0 radical (unpaired) electrons. The van der Waals surface area contributed by atoms with Crippen molar-refractivity contribution in [2.45, 2.75) is 33.1 Å². The molecule has 0 spiro atoms. The van der Waals surface area contributed by atoms with Crippen molar-refractivity contribution >= 4 is 11.6 Å². The summed E-state index contributed by atoms with van der Waals surface area (Å²) >= 11 is 6.01. The Bertz CT molecular complexity index is 588. The van der Waals surface area contributed by atoms with E-state index in [0.717, 1.165) is 12.0 Å². The Labute approximate surface area is 119 Å². The molecule has 0 saturated carbocycles. The highest BCUT2D eigenvalue weighted by Gasteiger charge is 2.09. The van der Waals surface area contributed by atoms with Gasteiger partial charge in [0.05, 0.1) is 5.02 Å². The molecule has 100 valence electrons. The van der Waals surface area contributed by atoms with E-state index >= 15 is 0 Å². The van der Waals surface area contributed by atoms with Crippen LogP contribution in [-0.4, -0.2) is 5.11 Å². The van der Waals surface area contributed by atoms with Crippen LogP contribution in [0.3, 0.4) is 0 Å². The van der Waals surface area contributed by atoms with Crippen LogP contribution in [0.15, 0.2) is 36.4 Å². The summed E-state index contributed by atoms with van der Waals surface area (Å²) in [5, 5.41) is 9.93. The second-order valence-electron chi connectivity index (χ2n) is 5.09. The fourth-order valence-corrected chi connectivity index (χ4v) is 2.39. The molecule has 0 aliphatic heterocycles. The lowest BCUT2D eigenvalue weighted by atomic mass is 9.92. The van der Waals surface area contributed by atoms with Gasteiger partial charge in [0.2, 0.25) is 0 Å². The van der Waals surface area contributed by atoms with Gasteiger partial charge in [-0.15, -0.1) is 0 Å². The van der Waals surface area contributed by atoms with Crippen molar-refractivity contribution in [3.05, 3.63) is 52.5 Å². The van der Waals surface area contributed by atoms with Crippen molar-refractivity contribution in [2.75, 3.05) is 0 Å². The second-order valence-corrected chi connectivity index (χ2v) is 5.50. The highest BCUT2D eigenvalue weighted by molar-refractivity contribution is 6.32. The molecule has 2 heteroatoms. The number of phenols is 1. The molecule has 1 nitrogen and oxygen atoms in total. The Kier molecular flexibility index (Phi) is 4.16. The quantitative estimate of drug-likeness (QED) is 0.795. The highest BCUT2D eigenvalue weighted by Crippen LogP contribution is 2.33. The van der Waals surface area contributed by atoms with Gasteiger partial charge in [-0.1, -0.05) is 56.6 Å². The monoisotopic (exact) mass is 274 g/mol. The van der Waals surface area contributed by atoms with Gasteiger partial charge in [0.1, 0.15) is 5.75 Å². The van der Waals surface area contributed by atoms with Gasteiger partial charge in [-0.3, -0.25) is 0 Å². The summed E-state index contributed by atoms with van der Waals surface area (Å²) in [5.41, 5.74) is 4.88. The third-order valence-electron chi connectivity index (χ3n) is 3.44. The topological polar surface area (TPSA) is 20.2 Å². The van der Waals surface area contributed by atoms with Gasteiger partial charge in [0.25, 0.3) is 0 Å². The lowest BCUT2D eigenvalue weighted by Gasteiger charge is -2.13. The maximum Gasteiger partial charge on any atom is 0.134 e. The minimum atomic E-state index is 0.128. The number of phenolic OH excluding ortho intramolecular Hbond substituents is 1. The minimum absolute atomic E-state index is 0.128. The van der Waals surface area contributed by atoms with E-state index < -0.39 is 0 Å². The molecule has 2 aromatic rings. The first-order valence-corrected chi connectivity index (χ1v) is 7.02. The average Bonchev–Trinajstić information content (AvgIpc) is 2.41. The number of halogens is 1. The van der Waals surface area contributed by atoms with Crippen molar-refractivity contribution in [1.29, 1.82) is 0 Å². The Hall–Kier alpha value is -1.47. The van der Waals surface area contributed by atoms with Crippen molar-refractivity contribution < 1.29 is 5.11 Å². The zero-order valence-corrected chi connectivity index (χ0v) is 12.3. The highest BCUT2D eigenvalue weighted by atomic mass is 35.5. The van der Waals surface area contributed by atoms with E-state index in [9.17, 15) is 5.11 Å². The normalized spacial score (nSPS) is 11.0. The summed E-state index contributed by atoms with van der Waals surface area (Å²) < 4.78 is 0. The van der Waals surface area contributed by atoms with Crippen molar-refractivity contribution in [1.82, 2.24) is 0 Å². The molecular weight excluding hydrogens is 256 g/mol. The maximum atomic E-state index is 9.53. The van der Waals surface area contributed by atoms with E-state index in [4.69, 9.17) is 11.6 Å². The van der Waals surface area contributed by atoms with Crippen molar-refractivity contribution in [2.24, 2.45) is 0 Å². The molecule has 0 aliphatic rings. The molecule has 19 heavy (non-hydrogen) atoms. The molecule has 0 atom stereocenters. The standard InChI is InChI=1S/C17H19ClO/c1-4-12-5-6-13(11(2)3)9-15(12)14-7-8-17(19)16(18)10-14/h5-11,19H,4H2,1-3H3. The first-order chi connectivity index (χ1) is 9.02. The molecule has 2 rings (SSSR count). The molecule has 0 aliphatic carbocycles. The summed E-state index contributed by atoms with van der Waals surface area (Å²) in [6, 6.07) is 12.0. The predicted octanol–water partition coefficient (Wildman–Crippen LogP) is 5.40. The summed E-state index contributed by atoms with van der Waals surface area (Å²) in [6.07, 6.45) is 0.978. The van der Waals surface area contributed by atoms with Crippen LogP contribution < -0.4 is 0 Å². The van der Waals surface area contributed by atoms with Crippen LogP contribution >= 0.6 is 11.6 Å². The maximum absolute atomic E-state index is 9.53. The number of aromatic hydroxyl groups is 1. The van der Waals surface area contributed by atoms with Gasteiger partial charge < -0.3 is 5.11 Å². The fraction of sp³-hybridized carbons (Fsp3) is 0.294. The molecular formula is C17H19ClO. The largest absolute Gasteiger partial charge is 0.506 e. The second kappa shape index (κ2) is 5.66. The van der Waals surface area contributed by atoms with Crippen LogP contribution in [0.4, 0.5) is 0 Å². The Morgan fingerprint density at radius 1 is 1.11 bits per heavy atom. The van der Waals surface area contributed by atoms with Gasteiger partial charge in [0.15, 0.2) is 0 Å². The van der Waals surface area contributed by atoms with E-state index in [1.807, 2.05) is 12.1 Å². The molecule has 0 fully saturated rings. The van der Waals surface area contributed by atoms with Gasteiger partial charge in [-0.05, 0) is 46.7 Å². The number of aryl methyl sites for hydroxylation is 1. The smallest absolute Gasteiger partial charge is 0.134 e. The lowest BCUT2D eigenvalue weighted by Crippen LogP contribution is -1.93. The summed E-state index contributed by atoms with van der Waals surface area (Å²) in [6.45, 7) is 6.53. The first-order valence-electron chi connectivity index (χ1n) is 6.64. The van der Waals surface area contributed by atoms with E-state index in [2.05, 4.69) is 39.0 Å². The van der Waals surface area contributed by atoms with E-state index in [0.29, 0.717) is 10.9 Å². The third kappa shape index (κ3) is 2.93. The van der Waals surface area contributed by atoms with Crippen molar-refractivity contribution in [3.63, 3.8) is 0 Å². The fourth-order valence-electron chi connectivity index (χ4n) is 2.20. The average molecular weight is 275 g/mol. The minimum Gasteiger partial charge on any atom is -0.506 e. The van der Waals surface area contributed by atoms with Crippen LogP contribution in [-0.2, 0) is 6.42 Å². The van der Waals surface area contributed by atoms with Crippen LogP contribution in [0.2, 0.25) is 5.02 Å². The van der Waals surface area contributed by atoms with Crippen LogP contribution in [0.1, 0.15) is 37.8 Å². The van der Waals surface area contributed by atoms with Gasteiger partial charge in [-0.2, -0.15) is 0 Å². The summed E-state index contributed by atoms with van der Waals surface area (Å²) in [5.74, 6) is 0.626.